The Hall–Kier alpha value is -5.70. The number of likely N-dealkylation sites (tertiary alicyclic amines) is 1. The maximum absolute atomic E-state index is 14.0. The maximum Gasteiger partial charge on any atom is 0.411 e. The van der Waals surface area contributed by atoms with Gasteiger partial charge < -0.3 is 58.2 Å². The summed E-state index contributed by atoms with van der Waals surface area (Å²) in [5, 5.41) is 6.04. The van der Waals surface area contributed by atoms with Crippen LogP contribution in [0.15, 0.2) is 42.5 Å². The van der Waals surface area contributed by atoms with Crippen molar-refractivity contribution in [3.05, 3.63) is 59.2 Å². The standard InChI is InChI=1S/C56H87N5O15/c1-10-73-47-36-46(68-9)23-22-45(47)38-61(54(67)76-56(6,7)8)39-48(62)59-25-16-21-44(37-59)42-19-15-20-43(35-42)51(64)58-50(41-17-13-12-14-18-41)52(65)57-24-27-69-29-31-71-33-34-72-32-30-70-28-26-60(40-49(63)74-11-2)53(66)75-55(3,4)5/h15,19-20,22-23,35-36,41,44,50H,10-14,16-18,21,24-34,37-40H2,1-9H3,(H,57,65)(H,58,64)/t44?,50-/m1/s1. The highest BCUT2D eigenvalue weighted by Gasteiger charge is 2.33. The van der Waals surface area contributed by atoms with Crippen molar-refractivity contribution < 1.29 is 71.4 Å². The second kappa shape index (κ2) is 32.8. The van der Waals surface area contributed by atoms with Crippen LogP contribution < -0.4 is 20.1 Å². The van der Waals surface area contributed by atoms with E-state index in [1.807, 2.05) is 31.2 Å². The Morgan fingerprint density at radius 3 is 1.96 bits per heavy atom. The molecule has 2 fully saturated rings. The van der Waals surface area contributed by atoms with E-state index in [0.29, 0.717) is 75.4 Å². The normalized spacial score (nSPS) is 15.5. The van der Waals surface area contributed by atoms with Gasteiger partial charge in [-0.25, -0.2) is 9.59 Å². The van der Waals surface area contributed by atoms with Gasteiger partial charge in [-0.3, -0.25) is 29.0 Å². The van der Waals surface area contributed by atoms with Gasteiger partial charge in [0.05, 0.1) is 79.7 Å². The van der Waals surface area contributed by atoms with Crippen LogP contribution >= 0.6 is 0 Å². The molecule has 1 saturated heterocycles. The quantitative estimate of drug-likeness (QED) is 0.0462. The first-order valence-electron chi connectivity index (χ1n) is 27.0. The molecule has 20 heteroatoms. The van der Waals surface area contributed by atoms with Crippen LogP contribution in [0.25, 0.3) is 0 Å². The Morgan fingerprint density at radius 1 is 0.711 bits per heavy atom. The number of esters is 1. The SMILES string of the molecule is CCOC(=O)CN(CCOCCOCCOCCOCCNC(=O)[C@H](NC(=O)c1cccc(C2CCCN(C(=O)CN(Cc3ccc(OC)cc3OCC)C(=O)OC(C)(C)C)C2)c1)C1CCCCC1)C(=O)OC(C)(C)C. The fourth-order valence-corrected chi connectivity index (χ4v) is 8.78. The molecule has 5 amide bonds. The predicted octanol–water partition coefficient (Wildman–Crippen LogP) is 6.90. The number of benzene rings is 2. The molecular weight excluding hydrogens is 983 g/mol. The van der Waals surface area contributed by atoms with E-state index in [1.165, 1.54) is 9.80 Å². The molecule has 0 spiro atoms. The van der Waals surface area contributed by atoms with E-state index in [4.69, 9.17) is 42.6 Å². The van der Waals surface area contributed by atoms with E-state index >= 15 is 0 Å². The Morgan fingerprint density at radius 2 is 1.34 bits per heavy atom. The number of rotatable bonds is 30. The lowest BCUT2D eigenvalue weighted by Gasteiger charge is -2.35. The Bertz CT molecular complexity index is 2120. The molecule has 1 aliphatic carbocycles. The van der Waals surface area contributed by atoms with Gasteiger partial charge in [-0.05, 0) is 117 Å². The second-order valence-electron chi connectivity index (χ2n) is 20.8. The molecule has 1 unspecified atom stereocenters. The lowest BCUT2D eigenvalue weighted by Crippen LogP contribution is -2.52. The first kappa shape index (κ1) is 62.8. The van der Waals surface area contributed by atoms with Crippen molar-refractivity contribution in [3.63, 3.8) is 0 Å². The molecule has 1 aliphatic heterocycles. The highest BCUT2D eigenvalue weighted by atomic mass is 16.6. The number of methoxy groups -OCH3 is 1. The molecule has 0 bridgehead atoms. The van der Waals surface area contributed by atoms with Gasteiger partial charge in [0.2, 0.25) is 11.8 Å². The number of carbonyl (C=O) groups excluding carboxylic acids is 6. The number of ether oxygens (including phenoxy) is 9. The molecule has 2 aromatic rings. The van der Waals surface area contributed by atoms with Crippen LogP contribution in [-0.2, 0) is 54.1 Å². The Labute approximate surface area is 450 Å². The van der Waals surface area contributed by atoms with Crippen LogP contribution in [0.4, 0.5) is 9.59 Å². The fraction of sp³-hybridized carbons (Fsp3) is 0.679. The number of piperidine rings is 1. The van der Waals surface area contributed by atoms with Crippen LogP contribution in [0.5, 0.6) is 11.5 Å². The van der Waals surface area contributed by atoms with Crippen LogP contribution in [0.2, 0.25) is 0 Å². The Kier molecular flexibility index (Phi) is 27.1. The topological polar surface area (TPSA) is 219 Å². The third-order valence-corrected chi connectivity index (χ3v) is 12.4. The van der Waals surface area contributed by atoms with Crippen molar-refractivity contribution in [2.75, 3.05) is 112 Å². The smallest absolute Gasteiger partial charge is 0.411 e. The van der Waals surface area contributed by atoms with Gasteiger partial charge in [-0.1, -0.05) is 31.4 Å². The zero-order valence-electron chi connectivity index (χ0n) is 46.7. The summed E-state index contributed by atoms with van der Waals surface area (Å²) in [6.45, 7) is 18.2. The van der Waals surface area contributed by atoms with Crippen molar-refractivity contribution >= 4 is 35.9 Å². The summed E-state index contributed by atoms with van der Waals surface area (Å²) >= 11 is 0. The van der Waals surface area contributed by atoms with Gasteiger partial charge in [0.15, 0.2) is 0 Å². The summed E-state index contributed by atoms with van der Waals surface area (Å²) in [5.74, 6) is -0.228. The monoisotopic (exact) mass is 1070 g/mol. The molecule has 2 N–H and O–H groups in total. The number of nitrogens with zero attached hydrogens (tertiary/aromatic N) is 3. The number of hydrogen-bond donors (Lipinski definition) is 2. The molecule has 2 aliphatic rings. The lowest BCUT2D eigenvalue weighted by molar-refractivity contribution is -0.144. The lowest BCUT2D eigenvalue weighted by atomic mass is 9.83. The van der Waals surface area contributed by atoms with Gasteiger partial charge in [-0.15, -0.1) is 0 Å². The minimum absolute atomic E-state index is 0.00468. The van der Waals surface area contributed by atoms with Crippen LogP contribution in [0.1, 0.15) is 128 Å². The van der Waals surface area contributed by atoms with Crippen LogP contribution in [0, 0.1) is 5.92 Å². The van der Waals surface area contributed by atoms with Gasteiger partial charge in [0.25, 0.3) is 5.91 Å². The minimum Gasteiger partial charge on any atom is -0.497 e. The van der Waals surface area contributed by atoms with E-state index in [0.717, 1.165) is 50.5 Å². The predicted molar refractivity (Wildman–Crippen MR) is 284 cm³/mol. The number of carbonyl (C=O) groups is 6. The Balaban J connectivity index is 1.20. The van der Waals surface area contributed by atoms with Gasteiger partial charge in [0.1, 0.15) is 41.8 Å². The van der Waals surface area contributed by atoms with E-state index in [1.54, 1.807) is 78.7 Å². The zero-order valence-corrected chi connectivity index (χ0v) is 46.7. The van der Waals surface area contributed by atoms with Crippen molar-refractivity contribution in [2.24, 2.45) is 5.92 Å². The van der Waals surface area contributed by atoms with Crippen LogP contribution in [-0.4, -0.2) is 180 Å². The summed E-state index contributed by atoms with van der Waals surface area (Å²) in [6.07, 6.45) is 5.05. The zero-order chi connectivity index (χ0) is 55.5. The van der Waals surface area contributed by atoms with E-state index in [-0.39, 0.29) is 88.7 Å². The average Bonchev–Trinajstić information content (AvgIpc) is 3.38. The minimum atomic E-state index is -0.780. The molecule has 2 aromatic carbocycles. The second-order valence-corrected chi connectivity index (χ2v) is 20.8. The molecule has 2 atom stereocenters. The van der Waals surface area contributed by atoms with Crippen molar-refractivity contribution in [2.45, 2.75) is 130 Å². The van der Waals surface area contributed by atoms with Crippen molar-refractivity contribution in [3.8, 4) is 11.5 Å². The van der Waals surface area contributed by atoms with Gasteiger partial charge >= 0.3 is 18.2 Å². The van der Waals surface area contributed by atoms with E-state index in [9.17, 15) is 28.8 Å². The fourth-order valence-electron chi connectivity index (χ4n) is 8.78. The maximum atomic E-state index is 14.0. The molecule has 0 radical (unpaired) electrons. The first-order valence-corrected chi connectivity index (χ1v) is 27.0. The summed E-state index contributed by atoms with van der Waals surface area (Å²) in [4.78, 5) is 84.3. The molecule has 4 rings (SSSR count). The molecular formula is C56H87N5O15. The molecule has 0 aromatic heterocycles. The van der Waals surface area contributed by atoms with Gasteiger partial charge in [-0.2, -0.15) is 0 Å². The highest BCUT2D eigenvalue weighted by Crippen LogP contribution is 2.31. The molecule has 20 nitrogen and oxygen atoms in total. The summed E-state index contributed by atoms with van der Waals surface area (Å²) in [5.41, 5.74) is 0.565. The molecule has 76 heavy (non-hydrogen) atoms. The third-order valence-electron chi connectivity index (χ3n) is 12.4. The van der Waals surface area contributed by atoms with Crippen molar-refractivity contribution in [1.82, 2.24) is 25.3 Å². The third kappa shape index (κ3) is 23.3. The summed E-state index contributed by atoms with van der Waals surface area (Å²) in [7, 11) is 1.57. The first-order chi connectivity index (χ1) is 36.3. The number of nitrogens with one attached hydrogen (secondary N) is 2. The summed E-state index contributed by atoms with van der Waals surface area (Å²) in [6, 6.07) is 12.1. The average molecular weight is 1070 g/mol. The molecule has 1 saturated carbocycles. The largest absolute Gasteiger partial charge is 0.497 e. The van der Waals surface area contributed by atoms with E-state index in [2.05, 4.69) is 10.6 Å². The van der Waals surface area contributed by atoms with E-state index < -0.39 is 35.4 Å². The van der Waals surface area contributed by atoms with Crippen molar-refractivity contribution in [1.29, 1.82) is 0 Å². The molecule has 426 valence electrons. The van der Waals surface area contributed by atoms with Crippen LogP contribution in [0.3, 0.4) is 0 Å². The number of hydrogen-bond acceptors (Lipinski definition) is 15. The highest BCUT2D eigenvalue weighted by molar-refractivity contribution is 5.98. The molecule has 1 heterocycles. The van der Waals surface area contributed by atoms with Gasteiger partial charge in [0, 0.05) is 49.3 Å². The summed E-state index contributed by atoms with van der Waals surface area (Å²) < 4.78 is 49.9. The number of amides is 5.